The minimum Gasteiger partial charge on any atom is -0.316 e. The average Bonchev–Trinajstić information content (AvgIpc) is 3.09. The SMILES string of the molecule is Cc1ccc(CCN(C(=O)[C@@H](N)c2ccc(Cl)cc2)c2ncc(C)s2)cc1. The second-order valence-corrected chi connectivity index (χ2v) is 8.16. The zero-order valence-corrected chi connectivity index (χ0v) is 16.9. The van der Waals surface area contributed by atoms with Crippen molar-refractivity contribution in [3.05, 3.63) is 81.3 Å². The molecule has 3 rings (SSSR count). The van der Waals surface area contributed by atoms with Gasteiger partial charge in [0.05, 0.1) is 0 Å². The normalized spacial score (nSPS) is 12.0. The minimum absolute atomic E-state index is 0.168. The molecule has 0 aliphatic carbocycles. The molecular weight excluding hydrogens is 378 g/mol. The van der Waals surface area contributed by atoms with Crippen molar-refractivity contribution < 1.29 is 4.79 Å². The van der Waals surface area contributed by atoms with Gasteiger partial charge in [-0.2, -0.15) is 0 Å². The molecule has 1 aromatic heterocycles. The lowest BCUT2D eigenvalue weighted by Crippen LogP contribution is -2.40. The molecule has 0 saturated heterocycles. The van der Waals surface area contributed by atoms with Crippen LogP contribution in [0.5, 0.6) is 0 Å². The lowest BCUT2D eigenvalue weighted by atomic mass is 10.1. The summed E-state index contributed by atoms with van der Waals surface area (Å²) < 4.78 is 0. The van der Waals surface area contributed by atoms with Gasteiger partial charge in [0.1, 0.15) is 6.04 Å². The van der Waals surface area contributed by atoms with Gasteiger partial charge >= 0.3 is 0 Å². The van der Waals surface area contributed by atoms with Gasteiger partial charge in [-0.15, -0.1) is 11.3 Å². The molecule has 140 valence electrons. The molecule has 6 heteroatoms. The van der Waals surface area contributed by atoms with E-state index in [2.05, 4.69) is 36.2 Å². The number of hydrogen-bond acceptors (Lipinski definition) is 4. The molecule has 2 N–H and O–H groups in total. The number of aromatic nitrogens is 1. The molecule has 0 radical (unpaired) electrons. The van der Waals surface area contributed by atoms with E-state index in [4.69, 9.17) is 17.3 Å². The van der Waals surface area contributed by atoms with E-state index in [1.807, 2.05) is 6.92 Å². The number of nitrogens with two attached hydrogens (primary N) is 1. The van der Waals surface area contributed by atoms with Crippen molar-refractivity contribution in [2.45, 2.75) is 26.3 Å². The summed E-state index contributed by atoms with van der Waals surface area (Å²) in [5, 5.41) is 1.29. The number of nitrogens with zero attached hydrogens (tertiary/aromatic N) is 2. The fourth-order valence-electron chi connectivity index (χ4n) is 2.74. The van der Waals surface area contributed by atoms with E-state index >= 15 is 0 Å². The number of thiazole rings is 1. The highest BCUT2D eigenvalue weighted by Gasteiger charge is 2.25. The van der Waals surface area contributed by atoms with E-state index in [1.165, 1.54) is 22.5 Å². The topological polar surface area (TPSA) is 59.2 Å². The van der Waals surface area contributed by atoms with Crippen LogP contribution in [0.2, 0.25) is 5.02 Å². The van der Waals surface area contributed by atoms with Crippen LogP contribution >= 0.6 is 22.9 Å². The second-order valence-electron chi connectivity index (χ2n) is 6.51. The minimum atomic E-state index is -0.760. The number of halogens is 1. The standard InChI is InChI=1S/C21H22ClN3OS/c1-14-3-5-16(6-4-14)11-12-25(21-24-13-15(2)27-21)20(26)19(23)17-7-9-18(22)10-8-17/h3-10,13,19H,11-12,23H2,1-2H3/t19-/m0/s1. The summed E-state index contributed by atoms with van der Waals surface area (Å²) in [6.07, 6.45) is 2.51. The van der Waals surface area contributed by atoms with E-state index in [9.17, 15) is 4.79 Å². The predicted octanol–water partition coefficient (Wildman–Crippen LogP) is 4.69. The monoisotopic (exact) mass is 399 g/mol. The maximum absolute atomic E-state index is 13.1. The van der Waals surface area contributed by atoms with Gasteiger partial charge in [0.25, 0.3) is 0 Å². The molecule has 0 spiro atoms. The Morgan fingerprint density at radius 1 is 1.15 bits per heavy atom. The largest absolute Gasteiger partial charge is 0.316 e. The predicted molar refractivity (Wildman–Crippen MR) is 112 cm³/mol. The van der Waals surface area contributed by atoms with Crippen LogP contribution in [0.1, 0.15) is 27.6 Å². The van der Waals surface area contributed by atoms with E-state index < -0.39 is 6.04 Å². The van der Waals surface area contributed by atoms with Crippen molar-refractivity contribution in [3.8, 4) is 0 Å². The average molecular weight is 400 g/mol. The van der Waals surface area contributed by atoms with Crippen molar-refractivity contribution in [1.82, 2.24) is 4.98 Å². The third-order valence-electron chi connectivity index (χ3n) is 4.35. The third-order valence-corrected chi connectivity index (χ3v) is 5.53. The highest BCUT2D eigenvalue weighted by atomic mass is 35.5. The Balaban J connectivity index is 1.81. The number of anilines is 1. The van der Waals surface area contributed by atoms with Gasteiger partial charge in [-0.1, -0.05) is 53.6 Å². The molecule has 1 amide bonds. The molecule has 27 heavy (non-hydrogen) atoms. The highest BCUT2D eigenvalue weighted by molar-refractivity contribution is 7.15. The van der Waals surface area contributed by atoms with Gasteiger partial charge in [0, 0.05) is 22.6 Å². The molecular formula is C21H22ClN3OS. The molecule has 4 nitrogen and oxygen atoms in total. The number of aryl methyl sites for hydroxylation is 2. The van der Waals surface area contributed by atoms with Crippen LogP contribution in [0.4, 0.5) is 5.13 Å². The fourth-order valence-corrected chi connectivity index (χ4v) is 3.66. The smallest absolute Gasteiger partial charge is 0.250 e. The number of carbonyl (C=O) groups is 1. The molecule has 1 atom stereocenters. The van der Waals surface area contributed by atoms with E-state index in [0.717, 1.165) is 16.9 Å². The van der Waals surface area contributed by atoms with Gasteiger partial charge in [-0.3, -0.25) is 9.69 Å². The maximum atomic E-state index is 13.1. The quantitative estimate of drug-likeness (QED) is 0.654. The Labute approximate surface area is 168 Å². The molecule has 3 aromatic rings. The van der Waals surface area contributed by atoms with Gasteiger partial charge in [0.2, 0.25) is 5.91 Å². The van der Waals surface area contributed by atoms with E-state index in [1.54, 1.807) is 35.4 Å². The molecule has 2 aromatic carbocycles. The Kier molecular flexibility index (Phi) is 6.26. The second kappa shape index (κ2) is 8.65. The molecule has 0 bridgehead atoms. The Bertz CT molecular complexity index is 906. The van der Waals surface area contributed by atoms with Crippen LogP contribution in [0, 0.1) is 13.8 Å². The molecule has 0 saturated carbocycles. The Hall–Kier alpha value is -2.21. The molecule has 0 fully saturated rings. The first-order valence-electron chi connectivity index (χ1n) is 8.74. The lowest BCUT2D eigenvalue weighted by Gasteiger charge is -2.24. The summed E-state index contributed by atoms with van der Waals surface area (Å²) in [5.74, 6) is -0.168. The molecule has 0 unspecified atom stereocenters. The number of hydrogen-bond donors (Lipinski definition) is 1. The Morgan fingerprint density at radius 2 is 1.81 bits per heavy atom. The maximum Gasteiger partial charge on any atom is 0.250 e. The van der Waals surface area contributed by atoms with Crippen molar-refractivity contribution in [2.24, 2.45) is 5.73 Å². The van der Waals surface area contributed by atoms with Gasteiger partial charge in [0.15, 0.2) is 5.13 Å². The molecule has 1 heterocycles. The number of rotatable bonds is 6. The molecule has 0 aliphatic rings. The fraction of sp³-hybridized carbons (Fsp3) is 0.238. The van der Waals surface area contributed by atoms with Crippen LogP contribution in [0.15, 0.2) is 54.7 Å². The van der Waals surface area contributed by atoms with Crippen molar-refractivity contribution in [1.29, 1.82) is 0 Å². The van der Waals surface area contributed by atoms with E-state index in [-0.39, 0.29) is 5.91 Å². The third kappa shape index (κ3) is 4.95. The first kappa shape index (κ1) is 19.5. The number of carbonyl (C=O) groups excluding carboxylic acids is 1. The summed E-state index contributed by atoms with van der Waals surface area (Å²) in [5.41, 5.74) is 9.39. The summed E-state index contributed by atoms with van der Waals surface area (Å²) in [6, 6.07) is 14.6. The number of amides is 1. The van der Waals surface area contributed by atoms with Crippen LogP contribution in [0.3, 0.4) is 0 Å². The summed E-state index contributed by atoms with van der Waals surface area (Å²) in [7, 11) is 0. The highest BCUT2D eigenvalue weighted by Crippen LogP contribution is 2.25. The van der Waals surface area contributed by atoms with Crippen molar-refractivity contribution >= 4 is 34.0 Å². The van der Waals surface area contributed by atoms with Crippen LogP contribution < -0.4 is 10.6 Å². The Morgan fingerprint density at radius 3 is 2.41 bits per heavy atom. The molecule has 0 aliphatic heterocycles. The van der Waals surface area contributed by atoms with Crippen molar-refractivity contribution in [2.75, 3.05) is 11.4 Å². The van der Waals surface area contributed by atoms with Gasteiger partial charge < -0.3 is 5.73 Å². The zero-order chi connectivity index (χ0) is 19.4. The van der Waals surface area contributed by atoms with E-state index in [0.29, 0.717) is 16.7 Å². The summed E-state index contributed by atoms with van der Waals surface area (Å²) in [4.78, 5) is 20.3. The summed E-state index contributed by atoms with van der Waals surface area (Å²) in [6.45, 7) is 4.56. The van der Waals surface area contributed by atoms with Crippen molar-refractivity contribution in [3.63, 3.8) is 0 Å². The van der Waals surface area contributed by atoms with Crippen LogP contribution in [-0.2, 0) is 11.2 Å². The summed E-state index contributed by atoms with van der Waals surface area (Å²) >= 11 is 7.44. The lowest BCUT2D eigenvalue weighted by molar-refractivity contribution is -0.120. The first-order chi connectivity index (χ1) is 12.9. The number of benzene rings is 2. The first-order valence-corrected chi connectivity index (χ1v) is 9.94. The zero-order valence-electron chi connectivity index (χ0n) is 15.4. The van der Waals surface area contributed by atoms with Gasteiger partial charge in [-0.25, -0.2) is 4.98 Å². The van der Waals surface area contributed by atoms with Crippen LogP contribution in [-0.4, -0.2) is 17.4 Å². The van der Waals surface area contributed by atoms with Gasteiger partial charge in [-0.05, 0) is 43.5 Å². The van der Waals surface area contributed by atoms with Crippen LogP contribution in [0.25, 0.3) is 0 Å².